The van der Waals surface area contributed by atoms with Gasteiger partial charge in [-0.15, -0.1) is 0 Å². The van der Waals surface area contributed by atoms with Gasteiger partial charge in [0.25, 0.3) is 0 Å². The molecule has 2 aromatic rings. The monoisotopic (exact) mass is 486 g/mol. The zero-order valence-corrected chi connectivity index (χ0v) is 18.6. The maximum Gasteiger partial charge on any atom is 0.434 e. The molecular weight excluding hydrogens is 463 g/mol. The summed E-state index contributed by atoms with van der Waals surface area (Å²) in [5, 5.41) is 2.55. The van der Waals surface area contributed by atoms with E-state index in [0.717, 1.165) is 18.5 Å². The summed E-state index contributed by atoms with van der Waals surface area (Å²) < 4.78 is 72.7. The van der Waals surface area contributed by atoms with Crippen molar-refractivity contribution in [3.05, 3.63) is 47.2 Å². The number of amides is 1. The fourth-order valence-electron chi connectivity index (χ4n) is 3.68. The van der Waals surface area contributed by atoms with E-state index in [9.17, 15) is 31.5 Å². The largest absolute Gasteiger partial charge is 0.462 e. The number of likely N-dealkylation sites (N-methyl/N-ethyl adjacent to an activating group) is 1. The molecule has 2 aromatic heterocycles. The first-order chi connectivity index (χ1) is 15.9. The van der Waals surface area contributed by atoms with Gasteiger partial charge in [-0.1, -0.05) is 0 Å². The lowest BCUT2D eigenvalue weighted by molar-refractivity contribution is -0.141. The van der Waals surface area contributed by atoms with Gasteiger partial charge < -0.3 is 10.1 Å². The molecule has 0 aromatic carbocycles. The molecule has 34 heavy (non-hydrogen) atoms. The Balaban J connectivity index is 1.85. The van der Waals surface area contributed by atoms with Gasteiger partial charge in [0.05, 0.1) is 30.1 Å². The molecule has 0 aliphatic carbocycles. The molecule has 1 aliphatic rings. The molecule has 0 saturated carbocycles. The Morgan fingerprint density at radius 3 is 2.53 bits per heavy atom. The van der Waals surface area contributed by atoms with E-state index in [1.165, 1.54) is 13.0 Å². The number of hydrogen-bond acceptors (Lipinski definition) is 6. The van der Waals surface area contributed by atoms with Crippen LogP contribution in [0.15, 0.2) is 24.5 Å². The van der Waals surface area contributed by atoms with Gasteiger partial charge in [0, 0.05) is 36.3 Å². The number of nitrogens with zero attached hydrogens (tertiary/aromatic N) is 3. The number of pyridine rings is 2. The Labute approximate surface area is 192 Å². The third kappa shape index (κ3) is 5.32. The van der Waals surface area contributed by atoms with Crippen LogP contribution in [0.4, 0.5) is 22.0 Å². The number of aromatic nitrogens is 2. The van der Waals surface area contributed by atoms with Crippen molar-refractivity contribution < 1.29 is 36.3 Å². The van der Waals surface area contributed by atoms with Crippen LogP contribution < -0.4 is 5.32 Å². The predicted molar refractivity (Wildman–Crippen MR) is 111 cm³/mol. The summed E-state index contributed by atoms with van der Waals surface area (Å²) in [5.74, 6) is -2.45. The topological polar surface area (TPSA) is 84.4 Å². The Bertz CT molecular complexity index is 1080. The van der Waals surface area contributed by atoms with Gasteiger partial charge in [0.1, 0.15) is 12.0 Å². The van der Waals surface area contributed by atoms with Crippen LogP contribution in [-0.4, -0.2) is 58.7 Å². The van der Waals surface area contributed by atoms with Crippen LogP contribution >= 0.6 is 0 Å². The van der Waals surface area contributed by atoms with Gasteiger partial charge in [0.15, 0.2) is 5.69 Å². The van der Waals surface area contributed by atoms with E-state index in [1.54, 1.807) is 18.9 Å². The van der Waals surface area contributed by atoms with Crippen LogP contribution in [0.1, 0.15) is 41.9 Å². The fourth-order valence-corrected chi connectivity index (χ4v) is 3.68. The quantitative estimate of drug-likeness (QED) is 0.497. The third-order valence-electron chi connectivity index (χ3n) is 5.74. The second-order valence-electron chi connectivity index (χ2n) is 7.89. The predicted octanol–water partition coefficient (Wildman–Crippen LogP) is 3.53. The molecule has 1 aliphatic heterocycles. The number of carbonyl (C=O) groups is 2. The molecule has 12 heteroatoms. The summed E-state index contributed by atoms with van der Waals surface area (Å²) in [4.78, 5) is 33.4. The highest BCUT2D eigenvalue weighted by molar-refractivity contribution is 5.92. The lowest BCUT2D eigenvalue weighted by Crippen LogP contribution is -2.43. The molecule has 7 nitrogen and oxygen atoms in total. The number of nitrogens with one attached hydrogen (secondary N) is 1. The van der Waals surface area contributed by atoms with E-state index in [1.807, 2.05) is 0 Å². The number of likely N-dealkylation sites (tertiary alicyclic amines) is 1. The van der Waals surface area contributed by atoms with Crippen LogP contribution in [-0.2, 0) is 22.3 Å². The minimum Gasteiger partial charge on any atom is -0.462 e. The number of ether oxygens (including phenoxy) is 1. The minimum atomic E-state index is -4.89. The number of rotatable bonds is 6. The molecule has 1 saturated heterocycles. The molecule has 1 amide bonds. The number of carbonyl (C=O) groups excluding carboxylic acids is 2. The second-order valence-corrected chi connectivity index (χ2v) is 7.89. The molecule has 0 spiro atoms. The zero-order valence-electron chi connectivity index (χ0n) is 18.6. The second kappa shape index (κ2) is 10.00. The number of halogens is 5. The summed E-state index contributed by atoms with van der Waals surface area (Å²) >= 11 is 0. The number of esters is 1. The first kappa shape index (κ1) is 25.5. The Kier molecular flexibility index (Phi) is 7.49. The molecule has 3 rings (SSSR count). The summed E-state index contributed by atoms with van der Waals surface area (Å²) in [6.07, 6.45) is -4.33. The van der Waals surface area contributed by atoms with E-state index in [-0.39, 0.29) is 36.4 Å². The maximum absolute atomic E-state index is 14.3. The van der Waals surface area contributed by atoms with Gasteiger partial charge in [0.2, 0.25) is 5.91 Å². The summed E-state index contributed by atoms with van der Waals surface area (Å²) in [7, 11) is 1.62. The third-order valence-corrected chi connectivity index (χ3v) is 5.74. The Morgan fingerprint density at radius 1 is 1.24 bits per heavy atom. The van der Waals surface area contributed by atoms with Crippen LogP contribution in [0, 0.1) is 5.82 Å². The van der Waals surface area contributed by atoms with Crippen molar-refractivity contribution in [3.8, 4) is 11.3 Å². The summed E-state index contributed by atoms with van der Waals surface area (Å²) in [6.45, 7) is 2.71. The van der Waals surface area contributed by atoms with Gasteiger partial charge >= 0.3 is 12.1 Å². The van der Waals surface area contributed by atoms with Crippen molar-refractivity contribution >= 4 is 11.9 Å². The maximum atomic E-state index is 14.3. The van der Waals surface area contributed by atoms with Crippen LogP contribution in [0.3, 0.4) is 0 Å². The molecule has 0 unspecified atom stereocenters. The lowest BCUT2D eigenvalue weighted by Gasteiger charge is -2.22. The van der Waals surface area contributed by atoms with Crippen LogP contribution in [0.5, 0.6) is 0 Å². The van der Waals surface area contributed by atoms with Crippen molar-refractivity contribution in [3.63, 3.8) is 0 Å². The Hall–Kier alpha value is -3.15. The van der Waals surface area contributed by atoms with Crippen molar-refractivity contribution in [2.75, 3.05) is 13.7 Å². The smallest absolute Gasteiger partial charge is 0.434 e. The van der Waals surface area contributed by atoms with Gasteiger partial charge in [-0.25, -0.2) is 13.6 Å². The Morgan fingerprint density at radius 2 is 1.94 bits per heavy atom. The highest BCUT2D eigenvalue weighted by atomic mass is 19.4. The molecule has 0 bridgehead atoms. The van der Waals surface area contributed by atoms with Crippen molar-refractivity contribution in [2.45, 2.75) is 51.2 Å². The van der Waals surface area contributed by atoms with Crippen molar-refractivity contribution in [2.24, 2.45) is 0 Å². The summed E-state index contributed by atoms with van der Waals surface area (Å²) in [5.41, 5.74) is -2.15. The average Bonchev–Trinajstić information content (AvgIpc) is 3.04. The average molecular weight is 486 g/mol. The molecule has 1 fully saturated rings. The zero-order chi connectivity index (χ0) is 25.2. The van der Waals surface area contributed by atoms with Crippen LogP contribution in [0.2, 0.25) is 0 Å². The van der Waals surface area contributed by atoms with E-state index < -0.39 is 53.4 Å². The first-order valence-electron chi connectivity index (χ1n) is 10.5. The van der Waals surface area contributed by atoms with Crippen molar-refractivity contribution in [1.29, 1.82) is 0 Å². The lowest BCUT2D eigenvalue weighted by atomic mass is 10.1. The minimum absolute atomic E-state index is 0.00132. The highest BCUT2D eigenvalue weighted by Gasteiger charge is 2.40. The summed E-state index contributed by atoms with van der Waals surface area (Å²) in [6, 6.07) is 1.02. The van der Waals surface area contributed by atoms with Crippen LogP contribution in [0.25, 0.3) is 11.3 Å². The number of alkyl halides is 4. The molecular formula is C22H23F5N4O3. The van der Waals surface area contributed by atoms with E-state index >= 15 is 0 Å². The standard InChI is InChI=1S/C22H23F5N4O3/c1-4-34-21(33)14-5-13(9-29-19(14)22(25,26)27)17-6-12(16(24)10-28-17)8-30-20(32)18-7-15(23)11(2)31(18)3/h5-6,9-11,15,18H,4,7-8H2,1-3H3,(H,30,32)/t11-,15+,18-/m0/s1. The molecule has 1 N–H and O–H groups in total. The first-order valence-corrected chi connectivity index (χ1v) is 10.5. The molecule has 3 atom stereocenters. The number of hydrogen-bond donors (Lipinski definition) is 1. The normalized spacial score (nSPS) is 20.9. The molecule has 184 valence electrons. The van der Waals surface area contributed by atoms with E-state index in [0.29, 0.717) is 0 Å². The SMILES string of the molecule is CCOC(=O)c1cc(-c2cc(CNC(=O)[C@@H]3C[C@@H](F)[C@H](C)N3C)c(F)cn2)cnc1C(F)(F)F. The van der Waals surface area contributed by atoms with Gasteiger partial charge in [-0.2, -0.15) is 13.2 Å². The highest BCUT2D eigenvalue weighted by Crippen LogP contribution is 2.33. The molecule has 3 heterocycles. The van der Waals surface area contributed by atoms with Crippen molar-refractivity contribution in [1.82, 2.24) is 20.2 Å². The van der Waals surface area contributed by atoms with E-state index in [2.05, 4.69) is 15.3 Å². The fraction of sp³-hybridized carbons (Fsp3) is 0.455. The van der Waals surface area contributed by atoms with E-state index in [4.69, 9.17) is 4.74 Å². The molecule has 0 radical (unpaired) electrons. The van der Waals surface area contributed by atoms with Gasteiger partial charge in [-0.05, 0) is 33.0 Å². The van der Waals surface area contributed by atoms with Gasteiger partial charge in [-0.3, -0.25) is 19.7 Å².